The van der Waals surface area contributed by atoms with E-state index in [9.17, 15) is 9.18 Å². The molecule has 1 aliphatic rings. The van der Waals surface area contributed by atoms with Crippen molar-refractivity contribution in [2.24, 2.45) is 0 Å². The first kappa shape index (κ1) is 11.1. The fraction of sp³-hybridized carbons (Fsp3) is 0.462. The molecule has 1 heterocycles. The van der Waals surface area contributed by atoms with Crippen LogP contribution in [0.1, 0.15) is 29.3 Å². The van der Waals surface area contributed by atoms with E-state index in [1.165, 1.54) is 5.56 Å². The molecule has 1 fully saturated rings. The summed E-state index contributed by atoms with van der Waals surface area (Å²) >= 11 is 0. The second kappa shape index (κ2) is 4.64. The molecule has 2 nitrogen and oxygen atoms in total. The van der Waals surface area contributed by atoms with Crippen LogP contribution in [0.5, 0.6) is 0 Å². The van der Waals surface area contributed by atoms with E-state index >= 15 is 0 Å². The highest BCUT2D eigenvalue weighted by molar-refractivity contribution is 5.95. The van der Waals surface area contributed by atoms with Crippen molar-refractivity contribution < 1.29 is 9.18 Å². The molecule has 0 radical (unpaired) electrons. The summed E-state index contributed by atoms with van der Waals surface area (Å²) in [6.45, 7) is 2.60. The largest absolute Gasteiger partial charge is 0.333 e. The van der Waals surface area contributed by atoms with Crippen molar-refractivity contribution in [2.45, 2.75) is 25.9 Å². The van der Waals surface area contributed by atoms with Gasteiger partial charge in [0.05, 0.1) is 13.1 Å². The molecular formula is C13H16FNO. The molecule has 86 valence electrons. The monoisotopic (exact) mass is 221 g/mol. The first-order valence-corrected chi connectivity index (χ1v) is 5.73. The lowest BCUT2D eigenvalue weighted by Crippen LogP contribution is -2.51. The number of aryl methyl sites for hydroxylation is 1. The van der Waals surface area contributed by atoms with Crippen LogP contribution in [0, 0.1) is 0 Å². The number of hydrogen-bond acceptors (Lipinski definition) is 1. The van der Waals surface area contributed by atoms with E-state index in [-0.39, 0.29) is 19.0 Å². The fourth-order valence-electron chi connectivity index (χ4n) is 1.92. The number of alkyl halides is 1. The first-order valence-electron chi connectivity index (χ1n) is 5.73. The number of amides is 1. The van der Waals surface area contributed by atoms with Gasteiger partial charge in [0.25, 0.3) is 5.91 Å². The average molecular weight is 221 g/mol. The number of hydrogen-bond donors (Lipinski definition) is 0. The predicted octanol–water partition coefficient (Wildman–Crippen LogP) is 2.43. The van der Waals surface area contributed by atoms with Crippen LogP contribution >= 0.6 is 0 Å². The summed E-state index contributed by atoms with van der Waals surface area (Å²) in [6.07, 6.45) is 1.21. The number of carbonyl (C=O) groups is 1. The van der Waals surface area contributed by atoms with E-state index in [1.54, 1.807) is 11.0 Å². The Hall–Kier alpha value is -1.38. The van der Waals surface area contributed by atoms with Crippen molar-refractivity contribution in [3.8, 4) is 0 Å². The molecular weight excluding hydrogens is 205 g/mol. The van der Waals surface area contributed by atoms with Gasteiger partial charge in [-0.05, 0) is 24.1 Å². The zero-order valence-electron chi connectivity index (χ0n) is 9.45. The van der Waals surface area contributed by atoms with Gasteiger partial charge in [0, 0.05) is 5.56 Å². The lowest BCUT2D eigenvalue weighted by Gasteiger charge is -2.34. The Bertz CT molecular complexity index is 385. The molecule has 3 heteroatoms. The third kappa shape index (κ3) is 2.23. The van der Waals surface area contributed by atoms with E-state index in [4.69, 9.17) is 0 Å². The summed E-state index contributed by atoms with van der Waals surface area (Å²) in [5.41, 5.74) is 1.85. The summed E-state index contributed by atoms with van der Waals surface area (Å²) in [7, 11) is 0. The van der Waals surface area contributed by atoms with Crippen molar-refractivity contribution >= 4 is 5.91 Å². The van der Waals surface area contributed by atoms with Crippen molar-refractivity contribution in [2.75, 3.05) is 13.1 Å². The second-order valence-corrected chi connectivity index (χ2v) is 4.26. The minimum Gasteiger partial charge on any atom is -0.333 e. The Kier molecular flexibility index (Phi) is 3.22. The molecule has 0 aromatic heterocycles. The van der Waals surface area contributed by atoms with Gasteiger partial charge >= 0.3 is 0 Å². The summed E-state index contributed by atoms with van der Waals surface area (Å²) in [4.78, 5) is 13.4. The Morgan fingerprint density at radius 3 is 2.88 bits per heavy atom. The molecule has 16 heavy (non-hydrogen) atoms. The maximum absolute atomic E-state index is 12.6. The number of halogens is 1. The van der Waals surface area contributed by atoms with Gasteiger partial charge < -0.3 is 4.90 Å². The molecule has 1 saturated heterocycles. The van der Waals surface area contributed by atoms with Gasteiger partial charge in [-0.15, -0.1) is 0 Å². The average Bonchev–Trinajstić information content (AvgIpc) is 2.25. The van der Waals surface area contributed by atoms with Gasteiger partial charge in [-0.25, -0.2) is 4.39 Å². The normalized spacial score (nSPS) is 16.0. The topological polar surface area (TPSA) is 20.3 Å². The minimum atomic E-state index is -0.831. The quantitative estimate of drug-likeness (QED) is 0.767. The number of rotatable bonds is 3. The van der Waals surface area contributed by atoms with Gasteiger partial charge in [-0.1, -0.05) is 25.5 Å². The van der Waals surface area contributed by atoms with E-state index in [0.29, 0.717) is 5.56 Å². The van der Waals surface area contributed by atoms with E-state index < -0.39 is 6.17 Å². The Balaban J connectivity index is 2.08. The number of carbonyl (C=O) groups excluding carboxylic acids is 1. The molecule has 0 saturated carbocycles. The zero-order valence-corrected chi connectivity index (χ0v) is 9.45. The zero-order chi connectivity index (χ0) is 11.5. The fourth-order valence-corrected chi connectivity index (χ4v) is 1.92. The predicted molar refractivity (Wildman–Crippen MR) is 61.2 cm³/mol. The Labute approximate surface area is 95.1 Å². The highest BCUT2D eigenvalue weighted by Crippen LogP contribution is 2.16. The van der Waals surface area contributed by atoms with Gasteiger partial charge in [-0.3, -0.25) is 4.79 Å². The molecule has 1 amide bonds. The highest BCUT2D eigenvalue weighted by atomic mass is 19.1. The second-order valence-electron chi connectivity index (χ2n) is 4.26. The van der Waals surface area contributed by atoms with Crippen LogP contribution in [0.25, 0.3) is 0 Å². The third-order valence-electron chi connectivity index (χ3n) is 2.84. The maximum atomic E-state index is 12.6. The van der Waals surface area contributed by atoms with Crippen LogP contribution in [0.4, 0.5) is 4.39 Å². The molecule has 1 aromatic rings. The lowest BCUT2D eigenvalue weighted by atomic mass is 10.0. The number of nitrogens with zero attached hydrogens (tertiary/aromatic N) is 1. The molecule has 0 N–H and O–H groups in total. The Morgan fingerprint density at radius 2 is 2.25 bits per heavy atom. The van der Waals surface area contributed by atoms with E-state index in [0.717, 1.165) is 12.8 Å². The molecule has 0 unspecified atom stereocenters. The SMILES string of the molecule is CCCc1cccc(C(=O)N2CC(F)C2)c1. The minimum absolute atomic E-state index is 0.0492. The van der Waals surface area contributed by atoms with Crippen molar-refractivity contribution in [1.82, 2.24) is 4.90 Å². The molecule has 1 aromatic carbocycles. The first-order chi connectivity index (χ1) is 7.70. The summed E-state index contributed by atoms with van der Waals surface area (Å²) in [6, 6.07) is 7.63. The van der Waals surface area contributed by atoms with Crippen molar-refractivity contribution in [3.63, 3.8) is 0 Å². The molecule has 0 aliphatic carbocycles. The molecule has 1 aliphatic heterocycles. The summed E-state index contributed by atoms with van der Waals surface area (Å²) in [5.74, 6) is -0.0492. The Morgan fingerprint density at radius 1 is 1.50 bits per heavy atom. The van der Waals surface area contributed by atoms with Crippen molar-refractivity contribution in [1.29, 1.82) is 0 Å². The number of likely N-dealkylation sites (tertiary alicyclic amines) is 1. The van der Waals surface area contributed by atoms with Crippen LogP contribution in [-0.2, 0) is 6.42 Å². The lowest BCUT2D eigenvalue weighted by molar-refractivity contribution is 0.0400. The van der Waals surface area contributed by atoms with Crippen LogP contribution in [-0.4, -0.2) is 30.1 Å². The molecule has 0 spiro atoms. The van der Waals surface area contributed by atoms with Crippen LogP contribution in [0.3, 0.4) is 0 Å². The molecule has 0 atom stereocenters. The molecule has 0 bridgehead atoms. The summed E-state index contributed by atoms with van der Waals surface area (Å²) in [5, 5.41) is 0. The standard InChI is InChI=1S/C13H16FNO/c1-2-4-10-5-3-6-11(7-10)13(16)15-8-12(14)9-15/h3,5-7,12H,2,4,8-9H2,1H3. The van der Waals surface area contributed by atoms with E-state index in [2.05, 4.69) is 6.92 Å². The van der Waals surface area contributed by atoms with E-state index in [1.807, 2.05) is 18.2 Å². The van der Waals surface area contributed by atoms with Crippen LogP contribution in [0.2, 0.25) is 0 Å². The van der Waals surface area contributed by atoms with Crippen LogP contribution in [0.15, 0.2) is 24.3 Å². The molecule has 2 rings (SSSR count). The summed E-state index contributed by atoms with van der Waals surface area (Å²) < 4.78 is 12.6. The van der Waals surface area contributed by atoms with Gasteiger partial charge in [0.15, 0.2) is 0 Å². The highest BCUT2D eigenvalue weighted by Gasteiger charge is 2.30. The smallest absolute Gasteiger partial charge is 0.254 e. The number of benzene rings is 1. The van der Waals surface area contributed by atoms with Crippen LogP contribution < -0.4 is 0 Å². The third-order valence-corrected chi connectivity index (χ3v) is 2.84. The van der Waals surface area contributed by atoms with Gasteiger partial charge in [0.1, 0.15) is 6.17 Å². The van der Waals surface area contributed by atoms with Gasteiger partial charge in [-0.2, -0.15) is 0 Å². The maximum Gasteiger partial charge on any atom is 0.254 e. The van der Waals surface area contributed by atoms with Gasteiger partial charge in [0.2, 0.25) is 0 Å². The van der Waals surface area contributed by atoms with Crippen molar-refractivity contribution in [3.05, 3.63) is 35.4 Å².